The van der Waals surface area contributed by atoms with Gasteiger partial charge in [0.25, 0.3) is 0 Å². The topological polar surface area (TPSA) is 30.8 Å². The van der Waals surface area contributed by atoms with Gasteiger partial charge in [-0.1, -0.05) is 6.08 Å². The Labute approximate surface area is 97.2 Å². The molecule has 0 saturated carbocycles. The van der Waals surface area contributed by atoms with Gasteiger partial charge in [0, 0.05) is 26.0 Å². The van der Waals surface area contributed by atoms with Crippen LogP contribution in [-0.4, -0.2) is 27.0 Å². The van der Waals surface area contributed by atoms with Gasteiger partial charge < -0.3 is 9.47 Å². The number of hydrogen-bond donors (Lipinski definition) is 0. The fourth-order valence-corrected chi connectivity index (χ4v) is 1.62. The quantitative estimate of drug-likeness (QED) is 0.718. The van der Waals surface area contributed by atoms with E-state index in [1.54, 1.807) is 21.3 Å². The van der Waals surface area contributed by atoms with Crippen LogP contribution in [0.5, 0.6) is 0 Å². The van der Waals surface area contributed by atoms with E-state index in [4.69, 9.17) is 9.47 Å². The zero-order chi connectivity index (χ0) is 12.0. The molecule has 0 unspecified atom stereocenters. The molecule has 0 aliphatic heterocycles. The van der Waals surface area contributed by atoms with Crippen LogP contribution in [0.4, 0.5) is 0 Å². The number of ether oxygens (including phenoxy) is 2. The maximum atomic E-state index is 5.33. The minimum absolute atomic E-state index is 0.839. The zero-order valence-electron chi connectivity index (χ0n) is 10.4. The van der Waals surface area contributed by atoms with Crippen molar-refractivity contribution in [2.24, 2.45) is 4.99 Å². The third-order valence-electron chi connectivity index (χ3n) is 2.60. The normalized spacial score (nSPS) is 28.8. The van der Waals surface area contributed by atoms with Crippen LogP contribution in [0, 0.1) is 0 Å². The first kappa shape index (κ1) is 12.6. The Morgan fingerprint density at radius 1 is 1.12 bits per heavy atom. The molecule has 1 aliphatic carbocycles. The van der Waals surface area contributed by atoms with Crippen LogP contribution in [0.3, 0.4) is 0 Å². The lowest BCUT2D eigenvalue weighted by Gasteiger charge is -2.14. The fourth-order valence-electron chi connectivity index (χ4n) is 1.62. The predicted molar refractivity (Wildman–Crippen MR) is 66.5 cm³/mol. The summed E-state index contributed by atoms with van der Waals surface area (Å²) in [5, 5.41) is 0. The standard InChI is InChI=1S/C13H19NO2/c1-5-10-8-11(15-3)6-7-12(16-4)9-13(10)14-2/h5,8-9H,6-7H2,1-4H3/b10-5-,11-8+,12-9+,14-13?. The lowest BCUT2D eigenvalue weighted by atomic mass is 10.0. The minimum atomic E-state index is 0.839. The zero-order valence-corrected chi connectivity index (χ0v) is 10.4. The Morgan fingerprint density at radius 2 is 1.69 bits per heavy atom. The largest absolute Gasteiger partial charge is 0.501 e. The van der Waals surface area contributed by atoms with Crippen molar-refractivity contribution < 1.29 is 9.47 Å². The molecule has 0 bridgehead atoms. The van der Waals surface area contributed by atoms with E-state index in [-0.39, 0.29) is 0 Å². The van der Waals surface area contributed by atoms with Crippen LogP contribution in [0.1, 0.15) is 19.8 Å². The van der Waals surface area contributed by atoms with Crippen molar-refractivity contribution in [2.75, 3.05) is 21.3 Å². The van der Waals surface area contributed by atoms with Crippen molar-refractivity contribution in [3.8, 4) is 0 Å². The van der Waals surface area contributed by atoms with E-state index in [0.29, 0.717) is 0 Å². The molecule has 0 aromatic carbocycles. The summed E-state index contributed by atoms with van der Waals surface area (Å²) in [6.07, 6.45) is 7.73. The molecule has 0 fully saturated rings. The van der Waals surface area contributed by atoms with E-state index < -0.39 is 0 Å². The number of rotatable bonds is 2. The van der Waals surface area contributed by atoms with Crippen molar-refractivity contribution in [1.82, 2.24) is 0 Å². The Balaban J connectivity index is 3.12. The predicted octanol–water partition coefficient (Wildman–Crippen LogP) is 2.86. The average molecular weight is 221 g/mol. The van der Waals surface area contributed by atoms with Crippen LogP contribution >= 0.6 is 0 Å². The van der Waals surface area contributed by atoms with Crippen LogP contribution in [0.25, 0.3) is 0 Å². The van der Waals surface area contributed by atoms with E-state index in [0.717, 1.165) is 35.6 Å². The number of methoxy groups -OCH3 is 2. The summed E-state index contributed by atoms with van der Waals surface area (Å²) in [5.41, 5.74) is 1.99. The van der Waals surface area contributed by atoms with Gasteiger partial charge in [-0.3, -0.25) is 4.99 Å². The first-order chi connectivity index (χ1) is 7.74. The molecule has 0 radical (unpaired) electrons. The summed E-state index contributed by atoms with van der Waals surface area (Å²) in [4.78, 5) is 4.26. The van der Waals surface area contributed by atoms with Gasteiger partial charge in [0.1, 0.15) is 0 Å². The van der Waals surface area contributed by atoms with Gasteiger partial charge in [-0.05, 0) is 18.6 Å². The highest BCUT2D eigenvalue weighted by atomic mass is 16.5. The van der Waals surface area contributed by atoms with Crippen LogP contribution in [0.15, 0.2) is 40.3 Å². The summed E-state index contributed by atoms with van der Waals surface area (Å²) in [6, 6.07) is 0. The molecule has 3 nitrogen and oxygen atoms in total. The molecular weight excluding hydrogens is 202 g/mol. The number of allylic oxidation sites excluding steroid dienone is 6. The Bertz CT molecular complexity index is 326. The Morgan fingerprint density at radius 3 is 2.12 bits per heavy atom. The fraction of sp³-hybridized carbons (Fsp3) is 0.462. The highest BCUT2D eigenvalue weighted by Crippen LogP contribution is 2.20. The molecule has 0 amide bonds. The second-order valence-electron chi connectivity index (χ2n) is 3.48. The van der Waals surface area contributed by atoms with Gasteiger partial charge in [0.2, 0.25) is 0 Å². The lowest BCUT2D eigenvalue weighted by Crippen LogP contribution is -2.05. The summed E-state index contributed by atoms with van der Waals surface area (Å²) in [6.45, 7) is 1.99. The smallest absolute Gasteiger partial charge is 0.0981 e. The number of hydrogen-bond acceptors (Lipinski definition) is 3. The molecule has 0 atom stereocenters. The lowest BCUT2D eigenvalue weighted by molar-refractivity contribution is 0.250. The SMILES string of the molecule is C/C=C1/C=C(/OC)CC/C(OC)=C\C1=NC. The van der Waals surface area contributed by atoms with E-state index in [9.17, 15) is 0 Å². The van der Waals surface area contributed by atoms with Crippen molar-refractivity contribution in [2.45, 2.75) is 19.8 Å². The first-order valence-corrected chi connectivity index (χ1v) is 5.37. The van der Waals surface area contributed by atoms with Gasteiger partial charge >= 0.3 is 0 Å². The van der Waals surface area contributed by atoms with E-state index in [1.807, 2.05) is 25.2 Å². The van der Waals surface area contributed by atoms with Gasteiger partial charge in [-0.15, -0.1) is 0 Å². The molecule has 16 heavy (non-hydrogen) atoms. The van der Waals surface area contributed by atoms with Crippen molar-refractivity contribution in [1.29, 1.82) is 0 Å². The maximum Gasteiger partial charge on any atom is 0.0981 e. The van der Waals surface area contributed by atoms with E-state index >= 15 is 0 Å². The van der Waals surface area contributed by atoms with Gasteiger partial charge in [-0.25, -0.2) is 0 Å². The third-order valence-corrected chi connectivity index (χ3v) is 2.60. The number of aliphatic imine (C=N–C) groups is 1. The second kappa shape index (κ2) is 6.16. The van der Waals surface area contributed by atoms with Crippen molar-refractivity contribution in [3.63, 3.8) is 0 Å². The summed E-state index contributed by atoms with van der Waals surface area (Å²) in [7, 11) is 5.16. The maximum absolute atomic E-state index is 5.33. The van der Waals surface area contributed by atoms with Crippen LogP contribution < -0.4 is 0 Å². The average Bonchev–Trinajstić information content (AvgIpc) is 2.30. The molecule has 1 rings (SSSR count). The molecule has 0 saturated heterocycles. The second-order valence-corrected chi connectivity index (χ2v) is 3.48. The van der Waals surface area contributed by atoms with Gasteiger partial charge in [0.05, 0.1) is 31.4 Å². The molecule has 3 heteroatoms. The first-order valence-electron chi connectivity index (χ1n) is 5.37. The molecule has 0 aromatic rings. The molecular formula is C13H19NO2. The molecule has 88 valence electrons. The molecule has 0 spiro atoms. The highest BCUT2D eigenvalue weighted by Gasteiger charge is 2.11. The highest BCUT2D eigenvalue weighted by molar-refractivity contribution is 6.10. The molecule has 0 N–H and O–H groups in total. The van der Waals surface area contributed by atoms with Gasteiger partial charge in [0.15, 0.2) is 0 Å². The van der Waals surface area contributed by atoms with Crippen LogP contribution in [-0.2, 0) is 9.47 Å². The molecule has 0 heterocycles. The Kier molecular flexibility index (Phi) is 4.83. The van der Waals surface area contributed by atoms with E-state index in [1.165, 1.54) is 0 Å². The third kappa shape index (κ3) is 2.99. The summed E-state index contributed by atoms with van der Waals surface area (Å²) >= 11 is 0. The Hall–Kier alpha value is -1.51. The van der Waals surface area contributed by atoms with Crippen molar-refractivity contribution in [3.05, 3.63) is 35.3 Å². The van der Waals surface area contributed by atoms with Gasteiger partial charge in [-0.2, -0.15) is 0 Å². The van der Waals surface area contributed by atoms with Crippen molar-refractivity contribution >= 4 is 5.71 Å². The van der Waals surface area contributed by atoms with Crippen LogP contribution in [0.2, 0.25) is 0 Å². The van der Waals surface area contributed by atoms with E-state index in [2.05, 4.69) is 4.99 Å². The monoisotopic (exact) mass is 221 g/mol. The minimum Gasteiger partial charge on any atom is -0.501 e. The summed E-state index contributed by atoms with van der Waals surface area (Å²) in [5.74, 6) is 1.89. The summed E-state index contributed by atoms with van der Waals surface area (Å²) < 4.78 is 10.6. The molecule has 0 aromatic heterocycles. The number of nitrogens with zero attached hydrogens (tertiary/aromatic N) is 1. The molecule has 1 aliphatic rings.